The van der Waals surface area contributed by atoms with Crippen molar-refractivity contribution in [2.24, 2.45) is 0 Å². The summed E-state index contributed by atoms with van der Waals surface area (Å²) in [5.41, 5.74) is 2.84. The van der Waals surface area contributed by atoms with Crippen LogP contribution in [0.5, 0.6) is 5.75 Å². The van der Waals surface area contributed by atoms with Crippen molar-refractivity contribution in [2.75, 3.05) is 11.9 Å². The molecule has 38 heavy (non-hydrogen) atoms. The molecule has 0 spiro atoms. The van der Waals surface area contributed by atoms with Gasteiger partial charge in [-0.25, -0.2) is 9.69 Å². The third-order valence-electron chi connectivity index (χ3n) is 5.72. The van der Waals surface area contributed by atoms with E-state index in [1.807, 2.05) is 19.1 Å². The summed E-state index contributed by atoms with van der Waals surface area (Å²) in [7, 11) is 0. The molecule has 1 heterocycles. The van der Waals surface area contributed by atoms with Gasteiger partial charge in [0.25, 0.3) is 11.6 Å². The van der Waals surface area contributed by atoms with E-state index in [0.29, 0.717) is 27.0 Å². The van der Waals surface area contributed by atoms with E-state index >= 15 is 0 Å². The third-order valence-corrected chi connectivity index (χ3v) is 6.34. The normalized spacial score (nSPS) is 13.9. The fraction of sp³-hybridized carbons (Fsp3) is 0.148. The highest BCUT2D eigenvalue weighted by atomic mass is 79.9. The maximum atomic E-state index is 12.8. The fourth-order valence-corrected chi connectivity index (χ4v) is 4.32. The maximum Gasteiger partial charge on any atom is 0.329 e. The van der Waals surface area contributed by atoms with Gasteiger partial charge in [-0.1, -0.05) is 43.3 Å². The SMILES string of the molecule is CCc1ccccc1NC(=O)CN1C(=O)N/C(=C/c2ccc(OCc3cccc([N+](=O)[O-])c3)c(Br)c2)C1=O. The number of anilines is 1. The molecule has 1 saturated heterocycles. The highest BCUT2D eigenvalue weighted by Crippen LogP contribution is 2.28. The quantitative estimate of drug-likeness (QED) is 0.158. The number of carbonyl (C=O) groups excluding carboxylic acids is 3. The maximum absolute atomic E-state index is 12.8. The molecule has 0 atom stereocenters. The molecule has 0 saturated carbocycles. The van der Waals surface area contributed by atoms with Crippen LogP contribution in [0.2, 0.25) is 0 Å². The van der Waals surface area contributed by atoms with E-state index in [2.05, 4.69) is 26.6 Å². The summed E-state index contributed by atoms with van der Waals surface area (Å²) in [4.78, 5) is 49.1. The van der Waals surface area contributed by atoms with E-state index < -0.39 is 29.3 Å². The minimum atomic E-state index is -0.684. The first-order valence-corrected chi connectivity index (χ1v) is 12.4. The molecule has 0 bridgehead atoms. The summed E-state index contributed by atoms with van der Waals surface area (Å²) in [6.07, 6.45) is 2.22. The lowest BCUT2D eigenvalue weighted by Gasteiger charge is -2.13. The first kappa shape index (κ1) is 26.6. The zero-order valence-electron chi connectivity index (χ0n) is 20.3. The molecule has 11 heteroatoms. The Balaban J connectivity index is 1.40. The number of amides is 4. The second-order valence-corrected chi connectivity index (χ2v) is 9.20. The number of benzene rings is 3. The minimum absolute atomic E-state index is 0.0206. The van der Waals surface area contributed by atoms with E-state index in [9.17, 15) is 24.5 Å². The summed E-state index contributed by atoms with van der Waals surface area (Å²) in [5.74, 6) is -0.606. The number of carbonyl (C=O) groups is 3. The summed E-state index contributed by atoms with van der Waals surface area (Å²) < 4.78 is 6.35. The van der Waals surface area contributed by atoms with E-state index in [1.165, 1.54) is 18.2 Å². The summed E-state index contributed by atoms with van der Waals surface area (Å²) in [6.45, 7) is 1.66. The van der Waals surface area contributed by atoms with Gasteiger partial charge in [0.05, 0.1) is 9.40 Å². The zero-order valence-corrected chi connectivity index (χ0v) is 21.9. The predicted octanol–water partition coefficient (Wildman–Crippen LogP) is 5.03. The van der Waals surface area contributed by atoms with Gasteiger partial charge in [-0.15, -0.1) is 0 Å². The number of ether oxygens (including phenoxy) is 1. The molecule has 3 aromatic carbocycles. The topological polar surface area (TPSA) is 131 Å². The fourth-order valence-electron chi connectivity index (χ4n) is 3.81. The van der Waals surface area contributed by atoms with E-state index in [0.717, 1.165) is 16.9 Å². The van der Waals surface area contributed by atoms with Gasteiger partial charge >= 0.3 is 6.03 Å². The number of non-ortho nitro benzene ring substituents is 1. The van der Waals surface area contributed by atoms with E-state index in [4.69, 9.17) is 4.74 Å². The standard InChI is InChI=1S/C27H23BrN4O6/c1-2-19-7-3-4-9-22(19)29-25(33)15-31-26(34)23(30-27(31)35)14-17-10-11-24(21(28)13-17)38-16-18-6-5-8-20(12-18)32(36)37/h3-14H,2,15-16H2,1H3,(H,29,33)(H,30,35)/b23-14+. The molecule has 0 unspecified atom stereocenters. The van der Waals surface area contributed by atoms with Gasteiger partial charge in [0, 0.05) is 17.8 Å². The van der Waals surface area contributed by atoms with Crippen molar-refractivity contribution in [2.45, 2.75) is 20.0 Å². The van der Waals surface area contributed by atoms with Crippen molar-refractivity contribution in [1.29, 1.82) is 0 Å². The molecule has 0 radical (unpaired) electrons. The number of nitrogens with zero attached hydrogens (tertiary/aromatic N) is 2. The molecular weight excluding hydrogens is 556 g/mol. The predicted molar refractivity (Wildman–Crippen MR) is 144 cm³/mol. The Morgan fingerprint density at radius 2 is 1.92 bits per heavy atom. The molecule has 10 nitrogen and oxygen atoms in total. The van der Waals surface area contributed by atoms with Crippen LogP contribution < -0.4 is 15.4 Å². The highest BCUT2D eigenvalue weighted by Gasteiger charge is 2.35. The summed E-state index contributed by atoms with van der Waals surface area (Å²) >= 11 is 3.42. The van der Waals surface area contributed by atoms with Crippen molar-refractivity contribution in [3.8, 4) is 5.75 Å². The van der Waals surface area contributed by atoms with Crippen molar-refractivity contribution < 1.29 is 24.0 Å². The van der Waals surface area contributed by atoms with Crippen molar-refractivity contribution in [3.05, 3.63) is 104 Å². The number of hydrogen-bond donors (Lipinski definition) is 2. The molecule has 0 aliphatic carbocycles. The molecule has 2 N–H and O–H groups in total. The van der Waals surface area contributed by atoms with Gasteiger partial charge in [0.15, 0.2) is 0 Å². The van der Waals surface area contributed by atoms with Crippen LogP contribution >= 0.6 is 15.9 Å². The lowest BCUT2D eigenvalue weighted by Crippen LogP contribution is -2.38. The number of urea groups is 1. The zero-order chi connectivity index (χ0) is 27.2. The molecule has 1 aliphatic rings. The first-order valence-electron chi connectivity index (χ1n) is 11.6. The second-order valence-electron chi connectivity index (χ2n) is 8.34. The lowest BCUT2D eigenvalue weighted by molar-refractivity contribution is -0.384. The Labute approximate surface area is 226 Å². The summed E-state index contributed by atoms with van der Waals surface area (Å²) in [5, 5.41) is 16.2. The van der Waals surface area contributed by atoms with Crippen LogP contribution in [0.4, 0.5) is 16.2 Å². The van der Waals surface area contributed by atoms with Gasteiger partial charge in [-0.3, -0.25) is 19.7 Å². The van der Waals surface area contributed by atoms with Crippen molar-refractivity contribution in [1.82, 2.24) is 10.2 Å². The molecule has 0 aromatic heterocycles. The van der Waals surface area contributed by atoms with Crippen LogP contribution in [0.15, 0.2) is 76.9 Å². The Hall–Kier alpha value is -4.51. The Kier molecular flexibility index (Phi) is 8.17. The van der Waals surface area contributed by atoms with Crippen LogP contribution in [0.3, 0.4) is 0 Å². The smallest absolute Gasteiger partial charge is 0.329 e. The van der Waals surface area contributed by atoms with Crippen LogP contribution in [-0.2, 0) is 22.6 Å². The van der Waals surface area contributed by atoms with Crippen LogP contribution in [0.25, 0.3) is 6.08 Å². The lowest BCUT2D eigenvalue weighted by atomic mass is 10.1. The third kappa shape index (κ3) is 6.24. The molecule has 194 valence electrons. The molecule has 3 aromatic rings. The van der Waals surface area contributed by atoms with Crippen molar-refractivity contribution in [3.63, 3.8) is 0 Å². The van der Waals surface area contributed by atoms with Crippen LogP contribution in [0.1, 0.15) is 23.6 Å². The van der Waals surface area contributed by atoms with Gasteiger partial charge < -0.3 is 15.4 Å². The number of aryl methyl sites for hydroxylation is 1. The molecule has 4 amide bonds. The average Bonchev–Trinajstić information content (AvgIpc) is 3.15. The van der Waals surface area contributed by atoms with Gasteiger partial charge in [0.2, 0.25) is 5.91 Å². The molecule has 1 aliphatic heterocycles. The Morgan fingerprint density at radius 1 is 1.13 bits per heavy atom. The van der Waals surface area contributed by atoms with E-state index in [1.54, 1.807) is 42.5 Å². The number of nitro benzene ring substituents is 1. The number of nitrogens with one attached hydrogen (secondary N) is 2. The second kappa shape index (κ2) is 11.7. The summed E-state index contributed by atoms with van der Waals surface area (Å²) in [6, 6.07) is 17.9. The first-order chi connectivity index (χ1) is 18.2. The molecular formula is C27H23BrN4O6. The number of rotatable bonds is 9. The van der Waals surface area contributed by atoms with Crippen LogP contribution in [-0.4, -0.2) is 34.2 Å². The monoisotopic (exact) mass is 578 g/mol. The van der Waals surface area contributed by atoms with Crippen LogP contribution in [0, 0.1) is 10.1 Å². The largest absolute Gasteiger partial charge is 0.488 e. The molecule has 4 rings (SSSR count). The number of para-hydroxylation sites is 1. The van der Waals surface area contributed by atoms with Gasteiger partial charge in [-0.2, -0.15) is 0 Å². The number of halogens is 1. The van der Waals surface area contributed by atoms with Gasteiger partial charge in [0.1, 0.15) is 24.6 Å². The average molecular weight is 579 g/mol. The van der Waals surface area contributed by atoms with Gasteiger partial charge in [-0.05, 0) is 63.3 Å². The number of hydrogen-bond acceptors (Lipinski definition) is 6. The van der Waals surface area contributed by atoms with E-state index in [-0.39, 0.29) is 18.0 Å². The highest BCUT2D eigenvalue weighted by molar-refractivity contribution is 9.10. The number of nitro groups is 1. The Bertz CT molecular complexity index is 1450. The van der Waals surface area contributed by atoms with Crippen molar-refractivity contribution >= 4 is 51.2 Å². The number of imide groups is 1. The Morgan fingerprint density at radius 3 is 2.66 bits per heavy atom. The molecule has 1 fully saturated rings. The minimum Gasteiger partial charge on any atom is -0.488 e.